The molecule has 1 aromatic carbocycles. The maximum Gasteiger partial charge on any atom is 0.416 e. The van der Waals surface area contributed by atoms with Gasteiger partial charge < -0.3 is 92.3 Å². The number of alkyl halides is 3. The molecule has 1 heterocycles. The third kappa shape index (κ3) is 23.7. The Morgan fingerprint density at radius 2 is 1.45 bits per heavy atom. The quantitative estimate of drug-likeness (QED) is 0.00995. The first kappa shape index (κ1) is 66.6. The van der Waals surface area contributed by atoms with Crippen LogP contribution in [0.15, 0.2) is 41.0 Å². The maximum absolute atomic E-state index is 14.3. The van der Waals surface area contributed by atoms with E-state index in [-0.39, 0.29) is 82.6 Å². The minimum absolute atomic E-state index is 0.00524. The van der Waals surface area contributed by atoms with E-state index in [0.29, 0.717) is 32.2 Å². The largest absolute Gasteiger partial charge is 0.477 e. The number of aliphatic carboxylic acids is 1. The molecule has 30 heteroatoms. The second-order valence-electron chi connectivity index (χ2n) is 18.3. The van der Waals surface area contributed by atoms with Crippen LogP contribution in [0.2, 0.25) is 0 Å². The lowest BCUT2D eigenvalue weighted by Crippen LogP contribution is -2.60. The van der Waals surface area contributed by atoms with Crippen molar-refractivity contribution in [3.05, 3.63) is 47.2 Å². The summed E-state index contributed by atoms with van der Waals surface area (Å²) in [5, 5.41) is 49.1. The normalized spacial score (nSPS) is 16.8. The third-order valence-electron chi connectivity index (χ3n) is 12.2. The number of aliphatic hydroxyl groups is 2. The van der Waals surface area contributed by atoms with Crippen LogP contribution in [0.4, 0.5) is 13.2 Å². The molecule has 0 aliphatic carbocycles. The number of rotatable bonds is 35. The van der Waals surface area contributed by atoms with Gasteiger partial charge in [0.2, 0.25) is 41.4 Å². The minimum atomic E-state index is -4.77. The standard InChI is InChI=1S/C47H79F3N16O11/c1-26(60-43(74)37(35(67)24-54)65-39(70)29(55)12-2-4-17-51)38(69)59-25-36(68)61-31(14-7-19-53)44(75)66-21-9-16-34(66)42(73)64-33(23-27-10-6-11-28(22-27)47(48,49)50)41(72)62-30(13-3-5-18-52)40(71)63-32(45(76)77)15-8-20-58-46(56)57/h6,10-11,15,22,26,29-31,33-35,37,42,64,67,73H,2-5,7-9,12-14,16-21,23-25,51-55H2,1H3,(H,59,69)(H,60,74)(H,61,68)(H,62,72)(H,63,71)(H,65,70)(H,76,77)(H4,56,57,58)/b32-15-/t26-,29-,30-,31+,33?,34-,35-,37-,42?/m0/s1. The number of halogens is 3. The van der Waals surface area contributed by atoms with Crippen LogP contribution >= 0.6 is 0 Å². The molecule has 0 saturated carbocycles. The molecule has 24 N–H and O–H groups in total. The Bertz CT molecular complexity index is 2170. The zero-order valence-electron chi connectivity index (χ0n) is 43.2. The lowest BCUT2D eigenvalue weighted by molar-refractivity contribution is -0.140. The first-order valence-electron chi connectivity index (χ1n) is 25.3. The number of aliphatic hydroxyl groups excluding tert-OH is 2. The van der Waals surface area contributed by atoms with E-state index >= 15 is 0 Å². The number of aliphatic imine (C=N–C) groups is 1. The number of carboxylic acids is 1. The van der Waals surface area contributed by atoms with Gasteiger partial charge in [0.25, 0.3) is 0 Å². The summed E-state index contributed by atoms with van der Waals surface area (Å²) < 4.78 is 41.5. The molecule has 0 radical (unpaired) electrons. The number of guanidine groups is 1. The van der Waals surface area contributed by atoms with Crippen molar-refractivity contribution < 1.29 is 66.8 Å². The highest BCUT2D eigenvalue weighted by Gasteiger charge is 2.40. The number of carboxylic acid groups (broad SMARTS) is 1. The number of nitrogens with two attached hydrogens (primary N) is 7. The molecule has 7 amide bonds. The van der Waals surface area contributed by atoms with Crippen LogP contribution in [0.1, 0.15) is 88.7 Å². The lowest BCUT2D eigenvalue weighted by atomic mass is 10.0. The van der Waals surface area contributed by atoms with E-state index in [1.165, 1.54) is 17.9 Å². The van der Waals surface area contributed by atoms with E-state index in [9.17, 15) is 66.8 Å². The number of benzene rings is 1. The summed E-state index contributed by atoms with van der Waals surface area (Å²) in [7, 11) is 0. The van der Waals surface area contributed by atoms with Crippen LogP contribution in [-0.4, -0.2) is 174 Å². The number of unbranched alkanes of at least 4 members (excludes halogenated alkanes) is 2. The van der Waals surface area contributed by atoms with Gasteiger partial charge >= 0.3 is 12.1 Å². The van der Waals surface area contributed by atoms with Crippen LogP contribution in [0.3, 0.4) is 0 Å². The van der Waals surface area contributed by atoms with Gasteiger partial charge in [-0.05, 0) is 109 Å². The smallest absolute Gasteiger partial charge is 0.416 e. The predicted molar refractivity (Wildman–Crippen MR) is 276 cm³/mol. The van der Waals surface area contributed by atoms with E-state index < -0.39 is 139 Å². The Kier molecular flexibility index (Phi) is 29.6. The number of nitrogens with zero attached hydrogens (tertiary/aromatic N) is 2. The molecule has 1 aromatic rings. The van der Waals surface area contributed by atoms with Crippen LogP contribution in [0.25, 0.3) is 0 Å². The Morgan fingerprint density at radius 1 is 0.805 bits per heavy atom. The summed E-state index contributed by atoms with van der Waals surface area (Å²) in [6, 6.07) is -5.27. The van der Waals surface area contributed by atoms with Gasteiger partial charge in [0.15, 0.2) is 5.96 Å². The van der Waals surface area contributed by atoms with Crippen molar-refractivity contribution in [2.24, 2.45) is 45.1 Å². The summed E-state index contributed by atoms with van der Waals surface area (Å²) in [6.07, 6.45) is -4.80. The van der Waals surface area contributed by atoms with Gasteiger partial charge in [-0.3, -0.25) is 43.9 Å². The number of carbonyl (C=O) groups excluding carboxylic acids is 7. The molecular formula is C47H79F3N16O11. The SMILES string of the molecule is C[C@H](NC(=O)[C@@H](NC(=O)[C@@H](N)CCCCN)[C@@H](O)CN)C(=O)NCC(=O)N[C@H](CCCN)C(=O)N1CCC[C@H]1C(O)NC(Cc1cccc(C(F)(F)F)c1)C(=O)N[C@@H](CCCCN)C(=O)N/C(=C\CCN=C(N)N)C(=O)O. The number of likely N-dealkylation sites (tertiary alicyclic amines) is 1. The molecule has 0 aromatic heterocycles. The van der Waals surface area contributed by atoms with E-state index in [1.807, 2.05) is 0 Å². The fourth-order valence-corrected chi connectivity index (χ4v) is 7.98. The fourth-order valence-electron chi connectivity index (χ4n) is 7.98. The van der Waals surface area contributed by atoms with Crippen molar-refractivity contribution >= 4 is 53.3 Å². The summed E-state index contributed by atoms with van der Waals surface area (Å²) >= 11 is 0. The summed E-state index contributed by atoms with van der Waals surface area (Å²) in [4.78, 5) is 111. The van der Waals surface area contributed by atoms with Crippen molar-refractivity contribution in [1.29, 1.82) is 0 Å². The van der Waals surface area contributed by atoms with Gasteiger partial charge in [-0.1, -0.05) is 30.7 Å². The van der Waals surface area contributed by atoms with Gasteiger partial charge in [0, 0.05) is 19.6 Å². The number of hydrogen-bond acceptors (Lipinski definition) is 17. The van der Waals surface area contributed by atoms with E-state index in [1.54, 1.807) is 0 Å². The molecule has 1 aliphatic heterocycles. The molecule has 27 nitrogen and oxygen atoms in total. The number of carbonyl (C=O) groups is 8. The van der Waals surface area contributed by atoms with Crippen molar-refractivity contribution in [1.82, 2.24) is 42.1 Å². The fraction of sp³-hybridized carbons (Fsp3) is 0.638. The van der Waals surface area contributed by atoms with Crippen molar-refractivity contribution in [3.8, 4) is 0 Å². The molecule has 434 valence electrons. The molecule has 77 heavy (non-hydrogen) atoms. The third-order valence-corrected chi connectivity index (χ3v) is 12.2. The van der Waals surface area contributed by atoms with Crippen LogP contribution in [-0.2, 0) is 51.0 Å². The second kappa shape index (κ2) is 34.3. The van der Waals surface area contributed by atoms with Crippen molar-refractivity contribution in [2.75, 3.05) is 45.8 Å². The van der Waals surface area contributed by atoms with Gasteiger partial charge in [0.1, 0.15) is 36.1 Å². The van der Waals surface area contributed by atoms with Gasteiger partial charge in [-0.2, -0.15) is 13.2 Å². The highest BCUT2D eigenvalue weighted by Crippen LogP contribution is 2.30. The van der Waals surface area contributed by atoms with Crippen molar-refractivity contribution in [3.63, 3.8) is 0 Å². The Labute approximate surface area is 444 Å². The lowest BCUT2D eigenvalue weighted by Gasteiger charge is -2.34. The molecule has 9 atom stereocenters. The monoisotopic (exact) mass is 1100 g/mol. The van der Waals surface area contributed by atoms with Crippen LogP contribution < -0.4 is 77.4 Å². The Hall–Kier alpha value is -6.54. The predicted octanol–water partition coefficient (Wildman–Crippen LogP) is -5.02. The molecular weight excluding hydrogens is 1020 g/mol. The summed E-state index contributed by atoms with van der Waals surface area (Å²) in [6.45, 7) is 0.822. The highest BCUT2D eigenvalue weighted by molar-refractivity contribution is 5.97. The van der Waals surface area contributed by atoms with E-state index in [2.05, 4.69) is 42.2 Å². The average molecular weight is 1100 g/mol. The number of amides is 7. The number of hydrogen-bond donors (Lipinski definition) is 17. The van der Waals surface area contributed by atoms with E-state index in [4.69, 9.17) is 40.1 Å². The Morgan fingerprint density at radius 3 is 2.06 bits per heavy atom. The van der Waals surface area contributed by atoms with Gasteiger partial charge in [-0.25, -0.2) is 4.79 Å². The zero-order valence-corrected chi connectivity index (χ0v) is 43.2. The molecule has 2 unspecified atom stereocenters. The summed E-state index contributed by atoms with van der Waals surface area (Å²) in [5.74, 6) is -7.88. The zero-order chi connectivity index (χ0) is 57.8. The van der Waals surface area contributed by atoms with Gasteiger partial charge in [0.05, 0.1) is 36.3 Å². The molecule has 0 spiro atoms. The number of nitrogens with one attached hydrogen (secondary N) is 7. The molecule has 0 bridgehead atoms. The van der Waals surface area contributed by atoms with E-state index in [0.717, 1.165) is 24.3 Å². The second-order valence-corrected chi connectivity index (χ2v) is 18.3. The molecule has 2 rings (SSSR count). The molecule has 1 fully saturated rings. The molecule has 1 aliphatic rings. The van der Waals surface area contributed by atoms with Crippen LogP contribution in [0.5, 0.6) is 0 Å². The summed E-state index contributed by atoms with van der Waals surface area (Å²) in [5.41, 5.74) is 37.4. The maximum atomic E-state index is 14.3. The first-order valence-corrected chi connectivity index (χ1v) is 25.3. The first-order chi connectivity index (χ1) is 36.4. The average Bonchev–Trinajstić information content (AvgIpc) is 3.88. The highest BCUT2D eigenvalue weighted by atomic mass is 19.4. The van der Waals surface area contributed by atoms with Crippen LogP contribution in [0, 0.1) is 0 Å². The molecule has 1 saturated heterocycles. The van der Waals surface area contributed by atoms with Crippen molar-refractivity contribution in [2.45, 2.75) is 145 Å². The van der Waals surface area contributed by atoms with Gasteiger partial charge in [-0.15, -0.1) is 0 Å². The minimum Gasteiger partial charge on any atom is -0.477 e. The Balaban J connectivity index is 2.32. The topological polar surface area (TPSA) is 479 Å².